The highest BCUT2D eigenvalue weighted by Gasteiger charge is 2.09. The van der Waals surface area contributed by atoms with Crippen LogP contribution >= 0.6 is 0 Å². The van der Waals surface area contributed by atoms with Crippen LogP contribution in [-0.2, 0) is 4.74 Å². The highest BCUT2D eigenvalue weighted by molar-refractivity contribution is 4.60. The Morgan fingerprint density at radius 3 is 1.92 bits per heavy atom. The fourth-order valence-electron chi connectivity index (χ4n) is 1.64. The van der Waals surface area contributed by atoms with Crippen molar-refractivity contribution >= 4 is 0 Å². The maximum absolute atomic E-state index is 5.66. The van der Waals surface area contributed by atoms with Crippen molar-refractivity contribution in [2.45, 2.75) is 46.8 Å². The van der Waals surface area contributed by atoms with Crippen molar-refractivity contribution in [3.63, 3.8) is 0 Å². The van der Waals surface area contributed by atoms with Gasteiger partial charge in [0.1, 0.15) is 0 Å². The van der Waals surface area contributed by atoms with E-state index in [2.05, 4.69) is 46.6 Å². The van der Waals surface area contributed by atoms with Crippen molar-refractivity contribution in [1.82, 2.24) is 4.90 Å². The molecule has 1 unspecified atom stereocenters. The molecule has 0 rings (SSSR count). The third kappa shape index (κ3) is 8.26. The minimum Gasteiger partial charge on any atom is -0.375 e. The first kappa shape index (κ1) is 12.9. The predicted octanol–water partition coefficient (Wildman–Crippen LogP) is 2.39. The van der Waals surface area contributed by atoms with Crippen molar-refractivity contribution in [3.8, 4) is 0 Å². The zero-order chi connectivity index (χ0) is 10.4. The lowest BCUT2D eigenvalue weighted by molar-refractivity contribution is 0.00139. The van der Waals surface area contributed by atoms with Gasteiger partial charge in [-0.25, -0.2) is 0 Å². The lowest BCUT2D eigenvalue weighted by Gasteiger charge is -2.24. The van der Waals surface area contributed by atoms with E-state index in [0.29, 0.717) is 12.2 Å². The van der Waals surface area contributed by atoms with E-state index in [1.807, 2.05) is 0 Å². The molecule has 0 radical (unpaired) electrons. The van der Waals surface area contributed by atoms with Crippen LogP contribution in [0.5, 0.6) is 0 Å². The van der Waals surface area contributed by atoms with Gasteiger partial charge < -0.3 is 9.64 Å². The molecule has 2 heteroatoms. The third-order valence-corrected chi connectivity index (χ3v) is 1.75. The first-order chi connectivity index (χ1) is 5.91. The van der Waals surface area contributed by atoms with Crippen LogP contribution < -0.4 is 0 Å². The van der Waals surface area contributed by atoms with E-state index in [4.69, 9.17) is 4.74 Å². The van der Waals surface area contributed by atoms with Crippen LogP contribution in [0.1, 0.15) is 34.6 Å². The molecule has 2 nitrogen and oxygen atoms in total. The average Bonchev–Trinajstić information content (AvgIpc) is 1.80. The van der Waals surface area contributed by atoms with Crippen LogP contribution in [0, 0.1) is 5.92 Å². The summed E-state index contributed by atoms with van der Waals surface area (Å²) >= 11 is 0. The molecule has 0 amide bonds. The first-order valence-corrected chi connectivity index (χ1v) is 5.25. The smallest absolute Gasteiger partial charge is 0.0677 e. The highest BCUT2D eigenvalue weighted by atomic mass is 16.5. The average molecular weight is 187 g/mol. The molecule has 0 aliphatic carbocycles. The normalized spacial score (nSPS) is 14.5. The van der Waals surface area contributed by atoms with Gasteiger partial charge in [-0.15, -0.1) is 0 Å². The summed E-state index contributed by atoms with van der Waals surface area (Å²) < 4.78 is 5.66. The van der Waals surface area contributed by atoms with Gasteiger partial charge in [0.2, 0.25) is 0 Å². The number of ether oxygens (including phenoxy) is 1. The van der Waals surface area contributed by atoms with Gasteiger partial charge in [-0.3, -0.25) is 0 Å². The van der Waals surface area contributed by atoms with E-state index in [-0.39, 0.29) is 0 Å². The molecule has 0 N–H and O–H groups in total. The summed E-state index contributed by atoms with van der Waals surface area (Å²) in [5, 5.41) is 0. The molecule has 0 aliphatic rings. The fourth-order valence-corrected chi connectivity index (χ4v) is 1.64. The van der Waals surface area contributed by atoms with Crippen LogP contribution in [0.4, 0.5) is 0 Å². The van der Waals surface area contributed by atoms with Crippen molar-refractivity contribution < 1.29 is 4.74 Å². The van der Waals surface area contributed by atoms with E-state index >= 15 is 0 Å². The molecule has 80 valence electrons. The standard InChI is InChI=1S/C11H25NO/c1-9(2)7-12(6)8-11(5)13-10(3)4/h9-11H,7-8H2,1-6H3. The van der Waals surface area contributed by atoms with Gasteiger partial charge in [0.25, 0.3) is 0 Å². The second-order valence-electron chi connectivity index (χ2n) is 4.61. The van der Waals surface area contributed by atoms with Crippen LogP contribution in [0.25, 0.3) is 0 Å². The van der Waals surface area contributed by atoms with E-state index < -0.39 is 0 Å². The molecule has 0 saturated heterocycles. The molecule has 0 aromatic heterocycles. The summed E-state index contributed by atoms with van der Waals surface area (Å²) in [6.45, 7) is 13.0. The van der Waals surface area contributed by atoms with Gasteiger partial charge in [-0.05, 0) is 33.7 Å². The molecular weight excluding hydrogens is 162 g/mol. The number of likely N-dealkylation sites (N-methyl/N-ethyl adjacent to an activating group) is 1. The number of nitrogens with zero attached hydrogens (tertiary/aromatic N) is 1. The van der Waals surface area contributed by atoms with Crippen LogP contribution in [-0.4, -0.2) is 37.2 Å². The van der Waals surface area contributed by atoms with Crippen LogP contribution in [0.2, 0.25) is 0 Å². The molecule has 13 heavy (non-hydrogen) atoms. The molecule has 0 spiro atoms. The summed E-state index contributed by atoms with van der Waals surface area (Å²) in [6, 6.07) is 0. The van der Waals surface area contributed by atoms with E-state index in [9.17, 15) is 0 Å². The lowest BCUT2D eigenvalue weighted by atomic mass is 10.2. The Morgan fingerprint density at radius 2 is 1.54 bits per heavy atom. The molecule has 0 aliphatic heterocycles. The Morgan fingerprint density at radius 1 is 1.00 bits per heavy atom. The Hall–Kier alpha value is -0.0800. The molecule has 1 atom stereocenters. The van der Waals surface area contributed by atoms with Crippen molar-refractivity contribution in [3.05, 3.63) is 0 Å². The maximum Gasteiger partial charge on any atom is 0.0677 e. The molecule has 0 fully saturated rings. The topological polar surface area (TPSA) is 12.5 Å². The fraction of sp³-hybridized carbons (Fsp3) is 1.00. The van der Waals surface area contributed by atoms with Gasteiger partial charge in [-0.2, -0.15) is 0 Å². The molecule has 0 heterocycles. The number of hydrogen-bond donors (Lipinski definition) is 0. The van der Waals surface area contributed by atoms with Crippen LogP contribution in [0.3, 0.4) is 0 Å². The lowest BCUT2D eigenvalue weighted by Crippen LogP contribution is -2.33. The Bertz CT molecular complexity index is 109. The Labute approximate surface area is 83.3 Å². The van der Waals surface area contributed by atoms with Crippen molar-refractivity contribution in [2.24, 2.45) is 5.92 Å². The quantitative estimate of drug-likeness (QED) is 0.633. The monoisotopic (exact) mass is 187 g/mol. The number of hydrogen-bond acceptors (Lipinski definition) is 2. The van der Waals surface area contributed by atoms with E-state index in [0.717, 1.165) is 19.0 Å². The molecular formula is C11H25NO. The predicted molar refractivity (Wildman–Crippen MR) is 58.0 cm³/mol. The minimum absolute atomic E-state index is 0.336. The van der Waals surface area contributed by atoms with Gasteiger partial charge in [0.05, 0.1) is 12.2 Å². The second kappa shape index (κ2) is 6.39. The van der Waals surface area contributed by atoms with Gasteiger partial charge >= 0.3 is 0 Å². The minimum atomic E-state index is 0.336. The summed E-state index contributed by atoms with van der Waals surface area (Å²) in [5.41, 5.74) is 0. The summed E-state index contributed by atoms with van der Waals surface area (Å²) in [6.07, 6.45) is 0.672. The Kier molecular flexibility index (Phi) is 6.35. The first-order valence-electron chi connectivity index (χ1n) is 5.25. The zero-order valence-corrected chi connectivity index (χ0v) is 10.0. The molecule has 0 aromatic rings. The maximum atomic E-state index is 5.66. The second-order valence-corrected chi connectivity index (χ2v) is 4.61. The number of rotatable bonds is 6. The zero-order valence-electron chi connectivity index (χ0n) is 10.0. The third-order valence-electron chi connectivity index (χ3n) is 1.75. The van der Waals surface area contributed by atoms with E-state index in [1.54, 1.807) is 0 Å². The molecule has 0 aromatic carbocycles. The SMILES string of the molecule is CC(C)CN(C)CC(C)OC(C)C. The summed E-state index contributed by atoms with van der Waals surface area (Å²) in [4.78, 5) is 2.33. The van der Waals surface area contributed by atoms with E-state index in [1.165, 1.54) is 0 Å². The molecule has 0 saturated carbocycles. The van der Waals surface area contributed by atoms with Crippen molar-refractivity contribution in [2.75, 3.05) is 20.1 Å². The Balaban J connectivity index is 3.58. The van der Waals surface area contributed by atoms with Gasteiger partial charge in [-0.1, -0.05) is 13.8 Å². The van der Waals surface area contributed by atoms with Crippen LogP contribution in [0.15, 0.2) is 0 Å². The van der Waals surface area contributed by atoms with Crippen molar-refractivity contribution in [1.29, 1.82) is 0 Å². The largest absolute Gasteiger partial charge is 0.375 e. The summed E-state index contributed by atoms with van der Waals surface area (Å²) in [5.74, 6) is 0.733. The highest BCUT2D eigenvalue weighted by Crippen LogP contribution is 2.01. The molecule has 0 bridgehead atoms. The summed E-state index contributed by atoms with van der Waals surface area (Å²) in [7, 11) is 2.15. The van der Waals surface area contributed by atoms with Gasteiger partial charge in [0, 0.05) is 13.1 Å². The van der Waals surface area contributed by atoms with Gasteiger partial charge in [0.15, 0.2) is 0 Å².